The normalized spacial score (nSPS) is 14.9. The Kier molecular flexibility index (Phi) is 10.7. The van der Waals surface area contributed by atoms with Crippen LogP contribution in [-0.4, -0.2) is 57.1 Å². The van der Waals surface area contributed by atoms with Crippen molar-refractivity contribution in [1.29, 1.82) is 0 Å². The molecule has 2 aromatic rings. The standard InChI is InChI=1S/C23H30FN5O2.HI/c1-25-23(27-16-22(30)28-18-9-7-8-17(24)14-18)26-15-20(29-12-5-6-13-29)19-10-3-4-11-21(19)31-2;/h3-4,7-11,14,20H,5-6,12-13,15-16H2,1-2H3,(H,28,30)(H2,25,26,27);1H. The molecule has 0 saturated carbocycles. The minimum atomic E-state index is -0.396. The summed E-state index contributed by atoms with van der Waals surface area (Å²) in [5.74, 6) is 0.703. The summed E-state index contributed by atoms with van der Waals surface area (Å²) in [6, 6.07) is 14.0. The zero-order chi connectivity index (χ0) is 22.1. The molecule has 0 aromatic heterocycles. The minimum absolute atomic E-state index is 0. The quantitative estimate of drug-likeness (QED) is 0.265. The van der Waals surface area contributed by atoms with Gasteiger partial charge in [0.1, 0.15) is 11.6 Å². The van der Waals surface area contributed by atoms with Crippen molar-refractivity contribution in [3.8, 4) is 5.75 Å². The molecule has 0 aliphatic carbocycles. The molecule has 1 heterocycles. The second-order valence-electron chi connectivity index (χ2n) is 7.37. The Bertz CT molecular complexity index is 905. The Hall–Kier alpha value is -2.40. The summed E-state index contributed by atoms with van der Waals surface area (Å²) in [6.45, 7) is 2.70. The lowest BCUT2D eigenvalue weighted by Crippen LogP contribution is -2.45. The number of likely N-dealkylation sites (tertiary alicyclic amines) is 1. The molecule has 0 radical (unpaired) electrons. The van der Waals surface area contributed by atoms with Crippen molar-refractivity contribution < 1.29 is 13.9 Å². The Morgan fingerprint density at radius 2 is 1.91 bits per heavy atom. The summed E-state index contributed by atoms with van der Waals surface area (Å²) in [6.07, 6.45) is 2.36. The SMILES string of the molecule is CN=C(NCC(=O)Nc1cccc(F)c1)NCC(c1ccccc1OC)N1CCCC1.I. The van der Waals surface area contributed by atoms with E-state index in [9.17, 15) is 9.18 Å². The highest BCUT2D eigenvalue weighted by molar-refractivity contribution is 14.0. The van der Waals surface area contributed by atoms with E-state index >= 15 is 0 Å². The van der Waals surface area contributed by atoms with E-state index in [0.29, 0.717) is 18.2 Å². The van der Waals surface area contributed by atoms with Gasteiger partial charge in [-0.1, -0.05) is 24.3 Å². The van der Waals surface area contributed by atoms with Gasteiger partial charge in [0.25, 0.3) is 0 Å². The molecule has 1 saturated heterocycles. The van der Waals surface area contributed by atoms with E-state index < -0.39 is 5.82 Å². The smallest absolute Gasteiger partial charge is 0.243 e. The van der Waals surface area contributed by atoms with Crippen molar-refractivity contribution in [2.45, 2.75) is 18.9 Å². The predicted octanol–water partition coefficient (Wildman–Crippen LogP) is 3.39. The van der Waals surface area contributed by atoms with Crippen LogP contribution in [0.15, 0.2) is 53.5 Å². The highest BCUT2D eigenvalue weighted by atomic mass is 127. The number of rotatable bonds is 8. The molecule has 1 unspecified atom stereocenters. The molecule has 32 heavy (non-hydrogen) atoms. The fraction of sp³-hybridized carbons (Fsp3) is 0.391. The number of amides is 1. The third-order valence-electron chi connectivity index (χ3n) is 5.29. The molecular formula is C23H31FIN5O2. The van der Waals surface area contributed by atoms with Crippen LogP contribution in [0.5, 0.6) is 5.75 Å². The molecule has 1 fully saturated rings. The highest BCUT2D eigenvalue weighted by Crippen LogP contribution is 2.31. The summed E-state index contributed by atoms with van der Waals surface area (Å²) < 4.78 is 18.9. The van der Waals surface area contributed by atoms with Gasteiger partial charge in [-0.15, -0.1) is 24.0 Å². The topological polar surface area (TPSA) is 78.0 Å². The summed E-state index contributed by atoms with van der Waals surface area (Å²) >= 11 is 0. The van der Waals surface area contributed by atoms with Crippen LogP contribution in [-0.2, 0) is 4.79 Å². The molecule has 174 valence electrons. The third-order valence-corrected chi connectivity index (χ3v) is 5.29. The number of guanidine groups is 1. The van der Waals surface area contributed by atoms with Gasteiger partial charge in [0, 0.05) is 24.8 Å². The molecule has 9 heteroatoms. The Morgan fingerprint density at radius 1 is 1.16 bits per heavy atom. The van der Waals surface area contributed by atoms with Gasteiger partial charge in [-0.3, -0.25) is 14.7 Å². The maximum atomic E-state index is 13.3. The molecule has 3 N–H and O–H groups in total. The van der Waals surface area contributed by atoms with Gasteiger partial charge in [0.15, 0.2) is 5.96 Å². The molecule has 3 rings (SSSR count). The van der Waals surface area contributed by atoms with Crippen molar-refractivity contribution in [3.05, 3.63) is 59.9 Å². The minimum Gasteiger partial charge on any atom is -0.496 e. The Balaban J connectivity index is 0.00000363. The van der Waals surface area contributed by atoms with E-state index in [1.807, 2.05) is 18.2 Å². The van der Waals surface area contributed by atoms with Crippen molar-refractivity contribution in [2.75, 3.05) is 45.7 Å². The molecule has 1 atom stereocenters. The lowest BCUT2D eigenvalue weighted by Gasteiger charge is -2.30. The molecule has 2 aromatic carbocycles. The summed E-state index contributed by atoms with van der Waals surface area (Å²) in [7, 11) is 3.35. The number of aliphatic imine (C=N–C) groups is 1. The van der Waals surface area contributed by atoms with Crippen molar-refractivity contribution in [1.82, 2.24) is 15.5 Å². The number of nitrogens with one attached hydrogen (secondary N) is 3. The zero-order valence-corrected chi connectivity index (χ0v) is 20.8. The van der Waals surface area contributed by atoms with E-state index in [4.69, 9.17) is 4.74 Å². The first-order chi connectivity index (χ1) is 15.1. The van der Waals surface area contributed by atoms with Gasteiger partial charge < -0.3 is 20.7 Å². The summed E-state index contributed by atoms with van der Waals surface area (Å²) in [5, 5.41) is 9.00. The molecular weight excluding hydrogens is 524 g/mol. The maximum absolute atomic E-state index is 13.3. The number of halogens is 2. The Morgan fingerprint density at radius 3 is 2.59 bits per heavy atom. The second-order valence-corrected chi connectivity index (χ2v) is 7.37. The van der Waals surface area contributed by atoms with Gasteiger partial charge in [-0.25, -0.2) is 4.39 Å². The van der Waals surface area contributed by atoms with Crippen LogP contribution in [0.3, 0.4) is 0 Å². The summed E-state index contributed by atoms with van der Waals surface area (Å²) in [5.41, 5.74) is 1.54. The summed E-state index contributed by atoms with van der Waals surface area (Å²) in [4.78, 5) is 18.9. The first-order valence-corrected chi connectivity index (χ1v) is 10.5. The van der Waals surface area contributed by atoms with E-state index in [0.717, 1.165) is 24.4 Å². The number of benzene rings is 2. The number of carbonyl (C=O) groups is 1. The van der Waals surface area contributed by atoms with Crippen molar-refractivity contribution in [2.24, 2.45) is 4.99 Å². The van der Waals surface area contributed by atoms with Crippen LogP contribution in [0, 0.1) is 5.82 Å². The van der Waals surface area contributed by atoms with E-state index in [1.165, 1.54) is 25.0 Å². The van der Waals surface area contributed by atoms with Gasteiger partial charge in [0.2, 0.25) is 5.91 Å². The van der Waals surface area contributed by atoms with Gasteiger partial charge in [0.05, 0.1) is 19.7 Å². The first kappa shape index (κ1) is 25.9. The molecule has 0 spiro atoms. The number of para-hydroxylation sites is 1. The number of ether oxygens (including phenoxy) is 1. The number of nitrogens with zero attached hydrogens (tertiary/aromatic N) is 2. The molecule has 1 aliphatic heterocycles. The molecule has 0 bridgehead atoms. The number of anilines is 1. The van der Waals surface area contributed by atoms with Crippen LogP contribution in [0.2, 0.25) is 0 Å². The second kappa shape index (κ2) is 13.2. The van der Waals surface area contributed by atoms with Crippen molar-refractivity contribution >= 4 is 41.5 Å². The monoisotopic (exact) mass is 555 g/mol. The van der Waals surface area contributed by atoms with Crippen LogP contribution in [0.25, 0.3) is 0 Å². The van der Waals surface area contributed by atoms with Gasteiger partial charge >= 0.3 is 0 Å². The van der Waals surface area contributed by atoms with Crippen molar-refractivity contribution in [3.63, 3.8) is 0 Å². The van der Waals surface area contributed by atoms with Gasteiger partial charge in [-0.2, -0.15) is 0 Å². The zero-order valence-electron chi connectivity index (χ0n) is 18.4. The largest absolute Gasteiger partial charge is 0.496 e. The number of hydrogen-bond acceptors (Lipinski definition) is 4. The molecule has 7 nitrogen and oxygen atoms in total. The predicted molar refractivity (Wildman–Crippen MR) is 136 cm³/mol. The fourth-order valence-corrected chi connectivity index (χ4v) is 3.78. The number of hydrogen-bond donors (Lipinski definition) is 3. The maximum Gasteiger partial charge on any atom is 0.243 e. The average Bonchev–Trinajstić information content (AvgIpc) is 3.31. The Labute approximate surface area is 205 Å². The highest BCUT2D eigenvalue weighted by Gasteiger charge is 2.26. The van der Waals surface area contributed by atoms with Crippen LogP contribution in [0.1, 0.15) is 24.4 Å². The lowest BCUT2D eigenvalue weighted by atomic mass is 10.0. The number of methoxy groups -OCH3 is 1. The molecule has 1 aliphatic rings. The molecule has 1 amide bonds. The fourth-order valence-electron chi connectivity index (χ4n) is 3.78. The van der Waals surface area contributed by atoms with E-state index in [2.05, 4.69) is 31.9 Å². The van der Waals surface area contributed by atoms with Crippen LogP contribution < -0.4 is 20.7 Å². The van der Waals surface area contributed by atoms with Gasteiger partial charge in [-0.05, 0) is 50.2 Å². The van der Waals surface area contributed by atoms with E-state index in [-0.39, 0.29) is 42.5 Å². The van der Waals surface area contributed by atoms with E-state index in [1.54, 1.807) is 26.3 Å². The first-order valence-electron chi connectivity index (χ1n) is 10.5. The van der Waals surface area contributed by atoms with Crippen LogP contribution in [0.4, 0.5) is 10.1 Å². The van der Waals surface area contributed by atoms with Crippen LogP contribution >= 0.6 is 24.0 Å². The lowest BCUT2D eigenvalue weighted by molar-refractivity contribution is -0.115. The number of carbonyl (C=O) groups excluding carboxylic acids is 1. The third kappa shape index (κ3) is 7.33. The average molecular weight is 555 g/mol.